The first-order valence-electron chi connectivity index (χ1n) is 23.8. The second-order valence-electron chi connectivity index (χ2n) is 20.3. The van der Waals surface area contributed by atoms with Crippen molar-refractivity contribution >= 4 is 83.5 Å². The monoisotopic (exact) mass is 1070 g/mol. The topological polar surface area (TPSA) is 231 Å². The molecule has 8 saturated heterocycles. The van der Waals surface area contributed by atoms with Crippen LogP contribution in [0, 0.1) is 44.2 Å². The van der Waals surface area contributed by atoms with Crippen LogP contribution in [0.25, 0.3) is 0 Å². The number of nitro benzene ring substituents is 1. The zero-order valence-electron chi connectivity index (χ0n) is 37.0. The minimum absolute atomic E-state index is 0.0177. The summed E-state index contributed by atoms with van der Waals surface area (Å²) in [6.45, 7) is 3.81. The number of benzene rings is 2. The summed E-state index contributed by atoms with van der Waals surface area (Å²) in [5.74, 6) is -1.95. The van der Waals surface area contributed by atoms with Gasteiger partial charge in [0.2, 0.25) is 11.8 Å². The number of hydrogen-bond donors (Lipinski definition) is 1. The van der Waals surface area contributed by atoms with Gasteiger partial charge in [-0.25, -0.2) is 0 Å². The number of nitrogen functional groups attached to an aromatic ring is 1. The van der Waals surface area contributed by atoms with Gasteiger partial charge in [-0.05, 0) is 95.2 Å². The van der Waals surface area contributed by atoms with E-state index in [-0.39, 0.29) is 96.9 Å². The summed E-state index contributed by atoms with van der Waals surface area (Å²) in [4.78, 5) is 96.3. The number of nitrogens with two attached hydrogens (primary N) is 1. The Morgan fingerprint density at radius 2 is 1.01 bits per heavy atom. The van der Waals surface area contributed by atoms with Crippen molar-refractivity contribution in [2.45, 2.75) is 113 Å². The molecular formula is C46H54Cl2N8O10Sn. The Kier molecular flexibility index (Phi) is 12.4. The fourth-order valence-corrected chi connectivity index (χ4v) is 14.9. The molecule has 12 atom stereocenters. The van der Waals surface area contributed by atoms with Crippen LogP contribution in [-0.2, 0) is 9.59 Å². The van der Waals surface area contributed by atoms with Crippen LogP contribution >= 0.6 is 17.8 Å². The van der Waals surface area contributed by atoms with Crippen LogP contribution in [0.2, 0.25) is 0 Å². The Balaban J connectivity index is 0.000000148. The quantitative estimate of drug-likeness (QED) is 0.0834. The summed E-state index contributed by atoms with van der Waals surface area (Å²) in [5, 5.41) is 38.5. The number of hydrogen-bond acceptors (Lipinski definition) is 11. The molecule has 8 fully saturated rings. The van der Waals surface area contributed by atoms with Crippen molar-refractivity contribution in [3.63, 3.8) is 0 Å². The fraction of sp³-hybridized carbons (Fsp3) is 0.609. The van der Waals surface area contributed by atoms with E-state index in [0.29, 0.717) is 58.5 Å². The number of imide groups is 2. The fourth-order valence-electron chi connectivity index (χ4n) is 14.9. The molecule has 67 heavy (non-hydrogen) atoms. The summed E-state index contributed by atoms with van der Waals surface area (Å²) in [7, 11) is 9.87. The molecule has 356 valence electrons. The molecule has 6 amide bonds. The van der Waals surface area contributed by atoms with E-state index in [1.54, 1.807) is 18.2 Å². The molecule has 18 nitrogen and oxygen atoms in total. The summed E-state index contributed by atoms with van der Waals surface area (Å²) in [6, 6.07) is 7.28. The molecule has 0 spiro atoms. The number of quaternary nitrogens is 2. The molecule has 2 aromatic carbocycles. The van der Waals surface area contributed by atoms with Gasteiger partial charge in [0.25, 0.3) is 29.3 Å². The van der Waals surface area contributed by atoms with Gasteiger partial charge in [-0.3, -0.25) is 48.7 Å². The molecule has 2 radical (unpaired) electrons. The van der Waals surface area contributed by atoms with E-state index in [4.69, 9.17) is 23.6 Å². The van der Waals surface area contributed by atoms with Crippen LogP contribution in [0.5, 0.6) is 0 Å². The Morgan fingerprint density at radius 1 is 0.597 bits per heavy atom. The summed E-state index contributed by atoms with van der Waals surface area (Å²) < 4.78 is -0.200. The van der Waals surface area contributed by atoms with Crippen LogP contribution in [0.15, 0.2) is 36.4 Å². The second kappa shape index (κ2) is 17.8. The second-order valence-corrected chi connectivity index (χ2v) is 24.5. The Hall–Kier alpha value is -3.92. The average Bonchev–Trinajstić information content (AvgIpc) is 3.71. The molecule has 12 rings (SSSR count). The maximum absolute atomic E-state index is 13.7. The van der Waals surface area contributed by atoms with Gasteiger partial charge in [-0.2, -0.15) is 0 Å². The number of nitro groups is 1. The van der Waals surface area contributed by atoms with Gasteiger partial charge in [0.05, 0.1) is 59.9 Å². The zero-order chi connectivity index (χ0) is 47.3. The summed E-state index contributed by atoms with van der Waals surface area (Å²) in [6.07, 6.45) is 9.50. The number of piperidine rings is 8. The Morgan fingerprint density at radius 3 is 1.46 bits per heavy atom. The van der Waals surface area contributed by atoms with Crippen molar-refractivity contribution in [3.05, 3.63) is 79.2 Å². The van der Waals surface area contributed by atoms with E-state index in [2.05, 4.69) is 0 Å². The van der Waals surface area contributed by atoms with Gasteiger partial charge >= 0.3 is 36.7 Å². The number of rotatable bonds is 3. The first-order valence-corrected chi connectivity index (χ1v) is 31.0. The van der Waals surface area contributed by atoms with E-state index in [0.717, 1.165) is 67.6 Å². The van der Waals surface area contributed by atoms with E-state index >= 15 is 0 Å². The van der Waals surface area contributed by atoms with Crippen molar-refractivity contribution in [3.8, 4) is 0 Å². The molecule has 21 heteroatoms. The molecule has 0 saturated carbocycles. The summed E-state index contributed by atoms with van der Waals surface area (Å²) in [5.41, 5.74) is 6.09. The van der Waals surface area contributed by atoms with Crippen molar-refractivity contribution in [2.75, 3.05) is 45.0 Å². The third-order valence-corrected chi connectivity index (χ3v) is 17.3. The van der Waals surface area contributed by atoms with Gasteiger partial charge in [-0.15, -0.1) is 0 Å². The SMILES string of the molecule is Nc1cccc2c1C(=O)N(C1CC[C@@H]3[C@H]4CCC[N+]5([O-])CCC[C@@H](CN3C1=O)[C@@H]45)C2=O.O=C1c2cccc([N+](=O)[O-])c2C(=O)N1C1CC[C@@H]2[C@H]3CCC[N+]4([O-])CCC[C@@H](CN2C1=O)[C@@H]34.[Cl][Sn][Cl]. The van der Waals surface area contributed by atoms with Crippen molar-refractivity contribution in [1.29, 1.82) is 0 Å². The Labute approximate surface area is 405 Å². The molecule has 2 N–H and O–H groups in total. The number of carbonyl (C=O) groups is 6. The van der Waals surface area contributed by atoms with Crippen LogP contribution in [0.1, 0.15) is 118 Å². The number of carbonyl (C=O) groups excluding carboxylic acids is 6. The normalized spacial score (nSPS) is 36.9. The van der Waals surface area contributed by atoms with Crippen LogP contribution in [-0.4, -0.2) is 164 Å². The predicted octanol–water partition coefficient (Wildman–Crippen LogP) is 4.81. The van der Waals surface area contributed by atoms with Gasteiger partial charge in [0.1, 0.15) is 17.6 Å². The average molecular weight is 1070 g/mol. The zero-order valence-corrected chi connectivity index (χ0v) is 41.4. The number of amides is 6. The van der Waals surface area contributed by atoms with Gasteiger partial charge in [0.15, 0.2) is 0 Å². The molecule has 10 aliphatic rings. The van der Waals surface area contributed by atoms with E-state index < -0.39 is 65.2 Å². The standard InChI is InChI=1S/C23H26N4O6.C23H28N4O4.2ClH.Sn/c28-21-15-5-1-7-17(26(31)32)19(15)23(30)25(21)18-9-8-16-14-6-3-11-27(33)10-2-4-13(20(14)27)12-24(16)22(18)29;24-16-7-1-5-15-19(16)23(30)26(21(15)28)18-9-8-17-14-6-3-11-27(31)10-2-4-13(20(14)27)12-25(17)22(18)29;;;/h1,5,7,13-14,16,18,20H,2-4,6,8-12H2;1,5,7,13-14,17-18,20H,2-4,6,8-12,24H2;2*1H;/q;;;;+2/p-2/t13-,14+,16+,18?,20-,27?;13-,14+,17+,18?,20-,27?;;;/m00.../s1. The number of nitrogens with zero attached hydrogens (tertiary/aromatic N) is 7. The maximum atomic E-state index is 13.7. The third-order valence-electron chi connectivity index (χ3n) is 17.3. The first kappa shape index (κ1) is 46.8. The first-order chi connectivity index (χ1) is 32.1. The van der Waals surface area contributed by atoms with Crippen LogP contribution < -0.4 is 5.73 Å². The van der Waals surface area contributed by atoms with Crippen molar-refractivity contribution < 1.29 is 43.0 Å². The summed E-state index contributed by atoms with van der Waals surface area (Å²) >= 11 is -0.826. The van der Waals surface area contributed by atoms with Crippen LogP contribution in [0.4, 0.5) is 11.4 Å². The molecule has 0 bridgehead atoms. The van der Waals surface area contributed by atoms with E-state index in [1.165, 1.54) is 18.2 Å². The number of anilines is 1. The van der Waals surface area contributed by atoms with E-state index in [9.17, 15) is 49.3 Å². The van der Waals surface area contributed by atoms with E-state index in [1.807, 2.05) is 9.80 Å². The number of hydroxylamine groups is 6. The van der Waals surface area contributed by atoms with Gasteiger partial charge in [0, 0.05) is 60.6 Å². The molecular weight excluding hydrogens is 1010 g/mol. The minimum atomic E-state index is -0.955. The van der Waals surface area contributed by atoms with Crippen molar-refractivity contribution in [2.24, 2.45) is 23.7 Å². The molecule has 2 aromatic rings. The molecule has 0 aromatic heterocycles. The predicted molar refractivity (Wildman–Crippen MR) is 245 cm³/mol. The third kappa shape index (κ3) is 7.39. The Bertz CT molecular complexity index is 2440. The molecule has 10 aliphatic heterocycles. The molecule has 10 heterocycles. The number of fused-ring (bicyclic) bond motifs is 6. The van der Waals surface area contributed by atoms with Gasteiger partial charge < -0.3 is 35.2 Å². The van der Waals surface area contributed by atoms with Crippen LogP contribution in [0.3, 0.4) is 0 Å². The van der Waals surface area contributed by atoms with Gasteiger partial charge in [-0.1, -0.05) is 12.1 Å². The number of halogens is 2. The molecule has 0 aliphatic carbocycles. The molecule has 4 unspecified atom stereocenters. The van der Waals surface area contributed by atoms with Crippen molar-refractivity contribution in [1.82, 2.24) is 19.6 Å².